The zero-order chi connectivity index (χ0) is 20.9. The number of benzene rings is 2. The fourth-order valence-corrected chi connectivity index (χ4v) is 2.19. The molecule has 0 aliphatic rings. The molecule has 0 aliphatic heterocycles. The Balaban J connectivity index is 2.26. The Hall–Kier alpha value is -2.79. The molecule has 2 rings (SSSR count). The van der Waals surface area contributed by atoms with E-state index in [0.717, 1.165) is 6.07 Å². The van der Waals surface area contributed by atoms with Crippen LogP contribution in [-0.2, 0) is 21.2 Å². The summed E-state index contributed by atoms with van der Waals surface area (Å²) in [5, 5.41) is -4.69. The van der Waals surface area contributed by atoms with E-state index in [1.165, 1.54) is 24.3 Å². The Morgan fingerprint density at radius 2 is 1.71 bits per heavy atom. The van der Waals surface area contributed by atoms with Crippen LogP contribution in [0.5, 0.6) is 5.75 Å². The highest BCUT2D eigenvalue weighted by Gasteiger charge is 2.45. The monoisotopic (exact) mass is 410 g/mol. The van der Waals surface area contributed by atoms with Gasteiger partial charge >= 0.3 is 27.3 Å². The number of rotatable bonds is 7. The van der Waals surface area contributed by atoms with Gasteiger partial charge in [0.2, 0.25) is 0 Å². The molecule has 28 heavy (non-hydrogen) atoms. The number of alkyl halides is 2. The second kappa shape index (κ2) is 8.49. The molecule has 11 heteroatoms. The van der Waals surface area contributed by atoms with E-state index in [-0.39, 0.29) is 17.6 Å². The highest BCUT2D eigenvalue weighted by Crippen LogP contribution is 2.25. The maximum atomic E-state index is 13.2. The van der Waals surface area contributed by atoms with Crippen molar-refractivity contribution in [3.05, 3.63) is 65.2 Å². The second-order valence-electron chi connectivity index (χ2n) is 5.48. The van der Waals surface area contributed by atoms with Gasteiger partial charge in [-0.2, -0.15) is 17.2 Å². The molecule has 0 bridgehead atoms. The molecule has 0 fully saturated rings. The van der Waals surface area contributed by atoms with Crippen molar-refractivity contribution in [2.75, 3.05) is 6.61 Å². The van der Waals surface area contributed by atoms with E-state index >= 15 is 0 Å². The van der Waals surface area contributed by atoms with E-state index in [0.29, 0.717) is 5.56 Å². The van der Waals surface area contributed by atoms with Gasteiger partial charge in [-0.1, -0.05) is 36.1 Å². The maximum absolute atomic E-state index is 13.2. The Bertz CT molecular complexity index is 978. The van der Waals surface area contributed by atoms with Gasteiger partial charge in [0.05, 0.1) is 13.4 Å². The Morgan fingerprint density at radius 1 is 1.07 bits per heavy atom. The summed E-state index contributed by atoms with van der Waals surface area (Å²) in [7, 11) is -0.268. The first-order valence-corrected chi connectivity index (χ1v) is 9.11. The van der Waals surface area contributed by atoms with Gasteiger partial charge in [-0.3, -0.25) is 4.55 Å². The number of ether oxygens (including phenoxy) is 2. The molecule has 0 aromatic heterocycles. The van der Waals surface area contributed by atoms with E-state index in [1.807, 2.05) is 0 Å². The molecule has 0 atom stereocenters. The Kier molecular flexibility index (Phi) is 6.52. The average Bonchev–Trinajstić information content (AvgIpc) is 2.65. The van der Waals surface area contributed by atoms with Crippen LogP contribution in [0.2, 0.25) is 0 Å². The summed E-state index contributed by atoms with van der Waals surface area (Å²) in [6.45, 7) is -1.92. The zero-order valence-electron chi connectivity index (χ0n) is 14.2. The van der Waals surface area contributed by atoms with E-state index in [2.05, 4.69) is 4.74 Å². The molecule has 2 aromatic carbocycles. The van der Waals surface area contributed by atoms with Gasteiger partial charge in [-0.05, 0) is 24.3 Å². The predicted octanol–water partition coefficient (Wildman–Crippen LogP) is 2.21. The molecular weight excluding hydrogens is 397 g/mol. The Morgan fingerprint density at radius 3 is 2.29 bits per heavy atom. The van der Waals surface area contributed by atoms with Crippen molar-refractivity contribution >= 4 is 29.9 Å². The third kappa shape index (κ3) is 5.14. The third-order valence-corrected chi connectivity index (χ3v) is 4.34. The van der Waals surface area contributed by atoms with Gasteiger partial charge in [0.25, 0.3) is 0 Å². The number of halogens is 2. The summed E-state index contributed by atoms with van der Waals surface area (Å²) in [5.41, 5.74) is 0.223. The van der Waals surface area contributed by atoms with Crippen LogP contribution in [0, 0.1) is 0 Å². The molecular formula is C17H13BF2O7S. The molecule has 146 valence electrons. The number of hydrogen-bond donors (Lipinski definition) is 1. The van der Waals surface area contributed by atoms with Crippen LogP contribution in [0.3, 0.4) is 0 Å². The van der Waals surface area contributed by atoms with E-state index in [4.69, 9.17) is 17.1 Å². The molecule has 2 aromatic rings. The van der Waals surface area contributed by atoms with Crippen molar-refractivity contribution in [2.24, 2.45) is 0 Å². The van der Waals surface area contributed by atoms with Crippen LogP contribution in [0.1, 0.15) is 26.3 Å². The van der Waals surface area contributed by atoms with Crippen LogP contribution >= 0.6 is 0 Å². The lowest BCUT2D eigenvalue weighted by atomic mass is 9.96. The minimum absolute atomic E-state index is 0.0338. The number of hydrogen-bond acceptors (Lipinski definition) is 6. The zero-order valence-corrected chi connectivity index (χ0v) is 15.0. The first-order chi connectivity index (χ1) is 13.0. The molecule has 7 nitrogen and oxygen atoms in total. The van der Waals surface area contributed by atoms with Gasteiger partial charge in [0.15, 0.2) is 6.61 Å². The number of carbonyl (C=O) groups excluding carboxylic acids is 2. The lowest BCUT2D eigenvalue weighted by Gasteiger charge is -2.15. The Labute approximate surface area is 160 Å². The molecule has 2 radical (unpaired) electrons. The lowest BCUT2D eigenvalue weighted by molar-refractivity contribution is -0.00967. The van der Waals surface area contributed by atoms with Crippen molar-refractivity contribution in [3.63, 3.8) is 0 Å². The standard InChI is InChI=1S/C17H13BF2O7S/c18-9-11-6-7-13(16(22)26-10-17(19,20)28(23,24)25)14(8-11)27-15(21)12-4-2-1-3-5-12/h1-8H,9-10H2,(H,23,24,25). The van der Waals surface area contributed by atoms with Gasteiger partial charge in [-0.25, -0.2) is 9.59 Å². The summed E-state index contributed by atoms with van der Waals surface area (Å²) >= 11 is 0. The first-order valence-electron chi connectivity index (χ1n) is 7.67. The molecule has 0 heterocycles. The summed E-state index contributed by atoms with van der Waals surface area (Å²) in [4.78, 5) is 24.3. The highest BCUT2D eigenvalue weighted by molar-refractivity contribution is 7.86. The van der Waals surface area contributed by atoms with Crippen LogP contribution in [0.25, 0.3) is 0 Å². The van der Waals surface area contributed by atoms with Gasteiger partial charge < -0.3 is 9.47 Å². The molecule has 0 saturated carbocycles. The van der Waals surface area contributed by atoms with E-state index in [9.17, 15) is 26.8 Å². The number of esters is 2. The predicted molar refractivity (Wildman–Crippen MR) is 94.1 cm³/mol. The van der Waals surface area contributed by atoms with Crippen molar-refractivity contribution in [3.8, 4) is 5.75 Å². The van der Waals surface area contributed by atoms with Crippen LogP contribution in [-0.4, -0.2) is 44.6 Å². The summed E-state index contributed by atoms with van der Waals surface area (Å²) < 4.78 is 65.5. The van der Waals surface area contributed by atoms with Crippen LogP contribution in [0.4, 0.5) is 8.78 Å². The largest absolute Gasteiger partial charge is 0.454 e. The van der Waals surface area contributed by atoms with Gasteiger partial charge in [0, 0.05) is 0 Å². The van der Waals surface area contributed by atoms with Crippen LogP contribution < -0.4 is 4.74 Å². The van der Waals surface area contributed by atoms with E-state index in [1.54, 1.807) is 18.2 Å². The van der Waals surface area contributed by atoms with Crippen molar-refractivity contribution in [1.29, 1.82) is 0 Å². The minimum Gasteiger partial charge on any atom is -0.454 e. The fraction of sp³-hybridized carbons (Fsp3) is 0.176. The van der Waals surface area contributed by atoms with E-state index < -0.39 is 39.5 Å². The first kappa shape index (κ1) is 21.5. The molecule has 0 aliphatic carbocycles. The average molecular weight is 410 g/mol. The summed E-state index contributed by atoms with van der Waals surface area (Å²) in [5.74, 6) is -2.52. The summed E-state index contributed by atoms with van der Waals surface area (Å²) in [6.07, 6.45) is 0.0338. The molecule has 0 spiro atoms. The molecule has 0 amide bonds. The molecule has 1 N–H and O–H groups in total. The van der Waals surface area contributed by atoms with Crippen molar-refractivity contribution in [1.82, 2.24) is 0 Å². The normalized spacial score (nSPS) is 11.7. The maximum Gasteiger partial charge on any atom is 0.402 e. The van der Waals surface area contributed by atoms with Gasteiger partial charge in [-0.15, -0.1) is 0 Å². The van der Waals surface area contributed by atoms with Crippen LogP contribution in [0.15, 0.2) is 48.5 Å². The molecule has 0 saturated heterocycles. The van der Waals surface area contributed by atoms with Gasteiger partial charge in [0.1, 0.15) is 11.3 Å². The second-order valence-corrected chi connectivity index (χ2v) is 7.03. The topological polar surface area (TPSA) is 107 Å². The smallest absolute Gasteiger partial charge is 0.402 e. The highest BCUT2D eigenvalue weighted by atomic mass is 32.2. The van der Waals surface area contributed by atoms with Crippen molar-refractivity contribution < 1.29 is 40.8 Å². The lowest BCUT2D eigenvalue weighted by Crippen LogP contribution is -2.34. The third-order valence-electron chi connectivity index (χ3n) is 3.46. The summed E-state index contributed by atoms with van der Waals surface area (Å²) in [6, 6.07) is 11.5. The number of carbonyl (C=O) groups is 2. The SMILES string of the molecule is [B]Cc1ccc(C(=O)OCC(F)(F)S(=O)(=O)O)c(OC(=O)c2ccccc2)c1. The fourth-order valence-electron chi connectivity index (χ4n) is 1.98. The minimum atomic E-state index is -5.77. The van der Waals surface area contributed by atoms with Crippen molar-refractivity contribution in [2.45, 2.75) is 11.6 Å². The quantitative estimate of drug-likeness (QED) is 0.323. The molecule has 0 unspecified atom stereocenters.